The molecular weight excluding hydrogens is 191 g/mol. The lowest BCUT2D eigenvalue weighted by molar-refractivity contribution is 0.269. The Labute approximate surface area is 90.9 Å². The highest BCUT2D eigenvalue weighted by Gasteiger charge is 2.21. The summed E-state index contributed by atoms with van der Waals surface area (Å²) in [6.45, 7) is 9.63. The van der Waals surface area contributed by atoms with Gasteiger partial charge in [0.05, 0.1) is 6.20 Å². The van der Waals surface area contributed by atoms with Gasteiger partial charge in [-0.05, 0) is 23.5 Å². The molecule has 0 spiro atoms. The molecule has 1 heterocycles. The van der Waals surface area contributed by atoms with Crippen LogP contribution in [0.2, 0.25) is 0 Å². The summed E-state index contributed by atoms with van der Waals surface area (Å²) in [6, 6.07) is 3.07. The first-order valence-electron chi connectivity index (χ1n) is 5.27. The molecule has 0 amide bonds. The van der Waals surface area contributed by atoms with Crippen molar-refractivity contribution in [3.8, 4) is 0 Å². The molecule has 15 heavy (non-hydrogen) atoms. The van der Waals surface area contributed by atoms with Crippen LogP contribution < -0.4 is 5.32 Å². The van der Waals surface area contributed by atoms with Gasteiger partial charge in [0.15, 0.2) is 0 Å². The lowest BCUT2D eigenvalue weighted by Crippen LogP contribution is -2.28. The van der Waals surface area contributed by atoms with E-state index in [-0.39, 0.29) is 11.2 Å². The van der Waals surface area contributed by atoms with Crippen molar-refractivity contribution in [3.63, 3.8) is 0 Å². The Bertz CT molecular complexity index is 304. The molecule has 0 atom stereocenters. The van der Waals surface area contributed by atoms with Crippen molar-refractivity contribution in [1.29, 1.82) is 0 Å². The van der Waals surface area contributed by atoms with E-state index in [9.17, 15) is 4.39 Å². The van der Waals surface area contributed by atoms with Gasteiger partial charge in [0.25, 0.3) is 0 Å². The predicted octanol–water partition coefficient (Wildman–Crippen LogP) is 3.31. The van der Waals surface area contributed by atoms with Crippen LogP contribution in [0.3, 0.4) is 0 Å². The maximum Gasteiger partial charge on any atom is 0.141 e. The van der Waals surface area contributed by atoms with E-state index < -0.39 is 0 Å². The normalized spacial score (nSPS) is 11.9. The van der Waals surface area contributed by atoms with Crippen LogP contribution in [0.5, 0.6) is 0 Å². The summed E-state index contributed by atoms with van der Waals surface area (Å²) < 4.78 is 12.6. The lowest BCUT2D eigenvalue weighted by atomic mass is 9.81. The molecule has 2 nitrogen and oxygen atoms in total. The fourth-order valence-electron chi connectivity index (χ4n) is 1.00. The van der Waals surface area contributed by atoms with Crippen LogP contribution in [0.25, 0.3) is 0 Å². The van der Waals surface area contributed by atoms with Crippen LogP contribution in [0.1, 0.15) is 27.7 Å². The summed E-state index contributed by atoms with van der Waals surface area (Å²) in [4.78, 5) is 3.95. The molecule has 0 aliphatic rings. The van der Waals surface area contributed by atoms with Crippen LogP contribution in [0.15, 0.2) is 18.3 Å². The van der Waals surface area contributed by atoms with Gasteiger partial charge < -0.3 is 5.32 Å². The average molecular weight is 210 g/mol. The van der Waals surface area contributed by atoms with Gasteiger partial charge in [-0.3, -0.25) is 0 Å². The van der Waals surface area contributed by atoms with E-state index in [0.717, 1.165) is 12.4 Å². The van der Waals surface area contributed by atoms with Gasteiger partial charge in [-0.2, -0.15) is 0 Å². The van der Waals surface area contributed by atoms with Crippen LogP contribution >= 0.6 is 0 Å². The number of pyridine rings is 1. The molecular formula is C12H19FN2. The number of anilines is 1. The fraction of sp³-hybridized carbons (Fsp3) is 0.583. The number of halogens is 1. The minimum atomic E-state index is -0.302. The van der Waals surface area contributed by atoms with Crippen molar-refractivity contribution in [2.45, 2.75) is 27.7 Å². The quantitative estimate of drug-likeness (QED) is 0.824. The summed E-state index contributed by atoms with van der Waals surface area (Å²) >= 11 is 0. The van der Waals surface area contributed by atoms with E-state index in [4.69, 9.17) is 0 Å². The minimum absolute atomic E-state index is 0.204. The minimum Gasteiger partial charge on any atom is -0.370 e. The van der Waals surface area contributed by atoms with E-state index >= 15 is 0 Å². The maximum absolute atomic E-state index is 12.6. The number of aromatic nitrogens is 1. The number of nitrogens with zero attached hydrogens (tertiary/aromatic N) is 1. The molecule has 0 aliphatic heterocycles. The SMILES string of the molecule is CC(C)C(C)(C)CNc1ccc(F)cn1. The summed E-state index contributed by atoms with van der Waals surface area (Å²) in [7, 11) is 0. The zero-order valence-electron chi connectivity index (χ0n) is 9.84. The second-order valence-electron chi connectivity index (χ2n) is 4.86. The first-order valence-corrected chi connectivity index (χ1v) is 5.27. The topological polar surface area (TPSA) is 24.9 Å². The van der Waals surface area contributed by atoms with Crippen LogP contribution in [-0.4, -0.2) is 11.5 Å². The van der Waals surface area contributed by atoms with Crippen molar-refractivity contribution in [2.24, 2.45) is 11.3 Å². The van der Waals surface area contributed by atoms with E-state index in [1.807, 2.05) is 0 Å². The number of rotatable bonds is 4. The highest BCUT2D eigenvalue weighted by Crippen LogP contribution is 2.25. The number of hydrogen-bond acceptors (Lipinski definition) is 2. The molecule has 3 heteroatoms. The second kappa shape index (κ2) is 4.60. The largest absolute Gasteiger partial charge is 0.370 e. The van der Waals surface area contributed by atoms with Crippen molar-refractivity contribution in [1.82, 2.24) is 4.98 Å². The molecule has 0 aromatic carbocycles. The first-order chi connectivity index (χ1) is 6.92. The molecule has 0 radical (unpaired) electrons. The van der Waals surface area contributed by atoms with Gasteiger partial charge in [0.1, 0.15) is 11.6 Å². The van der Waals surface area contributed by atoms with Gasteiger partial charge in [0, 0.05) is 6.54 Å². The average Bonchev–Trinajstić information content (AvgIpc) is 2.17. The van der Waals surface area contributed by atoms with Crippen molar-refractivity contribution in [3.05, 3.63) is 24.1 Å². The summed E-state index contributed by atoms with van der Waals surface area (Å²) in [5, 5.41) is 3.22. The van der Waals surface area contributed by atoms with Crippen molar-refractivity contribution in [2.75, 3.05) is 11.9 Å². The van der Waals surface area contributed by atoms with E-state index in [2.05, 4.69) is 38.0 Å². The highest BCUT2D eigenvalue weighted by molar-refractivity contribution is 5.33. The molecule has 1 aromatic rings. The molecule has 84 valence electrons. The standard InChI is InChI=1S/C12H19FN2/c1-9(2)12(3,4)8-15-11-6-5-10(13)7-14-11/h5-7,9H,8H2,1-4H3,(H,14,15). The lowest BCUT2D eigenvalue weighted by Gasteiger charge is -2.29. The monoisotopic (exact) mass is 210 g/mol. The zero-order chi connectivity index (χ0) is 11.5. The van der Waals surface area contributed by atoms with E-state index in [0.29, 0.717) is 5.92 Å². The van der Waals surface area contributed by atoms with Crippen molar-refractivity contribution < 1.29 is 4.39 Å². The van der Waals surface area contributed by atoms with Gasteiger partial charge >= 0.3 is 0 Å². The van der Waals surface area contributed by atoms with Gasteiger partial charge in [-0.15, -0.1) is 0 Å². The van der Waals surface area contributed by atoms with E-state index in [1.165, 1.54) is 12.3 Å². The van der Waals surface area contributed by atoms with Crippen LogP contribution in [-0.2, 0) is 0 Å². The maximum atomic E-state index is 12.6. The van der Waals surface area contributed by atoms with Crippen LogP contribution in [0.4, 0.5) is 10.2 Å². The molecule has 1 rings (SSSR count). The van der Waals surface area contributed by atoms with Crippen molar-refractivity contribution >= 4 is 5.82 Å². The van der Waals surface area contributed by atoms with Gasteiger partial charge in [-0.25, -0.2) is 9.37 Å². The molecule has 1 aromatic heterocycles. The summed E-state index contributed by atoms with van der Waals surface area (Å²) in [6.07, 6.45) is 1.23. The number of nitrogens with one attached hydrogen (secondary N) is 1. The van der Waals surface area contributed by atoms with E-state index in [1.54, 1.807) is 6.07 Å². The fourth-order valence-corrected chi connectivity index (χ4v) is 1.00. The molecule has 0 unspecified atom stereocenters. The third-order valence-corrected chi connectivity index (χ3v) is 3.02. The van der Waals surface area contributed by atoms with Gasteiger partial charge in [0.2, 0.25) is 0 Å². The Balaban J connectivity index is 2.54. The summed E-state index contributed by atoms with van der Waals surface area (Å²) in [5.41, 5.74) is 0.204. The third-order valence-electron chi connectivity index (χ3n) is 3.02. The zero-order valence-corrected chi connectivity index (χ0v) is 9.84. The number of hydrogen-bond donors (Lipinski definition) is 1. The summed E-state index contributed by atoms with van der Waals surface area (Å²) in [5.74, 6) is 1.01. The molecule has 1 N–H and O–H groups in total. The Hall–Kier alpha value is -1.12. The molecule has 0 aliphatic carbocycles. The Kier molecular flexibility index (Phi) is 3.66. The molecule has 0 saturated carbocycles. The highest BCUT2D eigenvalue weighted by atomic mass is 19.1. The second-order valence-corrected chi connectivity index (χ2v) is 4.86. The van der Waals surface area contributed by atoms with Gasteiger partial charge in [-0.1, -0.05) is 27.7 Å². The van der Waals surface area contributed by atoms with Crippen LogP contribution in [0, 0.1) is 17.2 Å². The Morgan fingerprint density at radius 2 is 2.07 bits per heavy atom. The smallest absolute Gasteiger partial charge is 0.141 e. The predicted molar refractivity (Wildman–Crippen MR) is 61.3 cm³/mol. The molecule has 0 fully saturated rings. The first kappa shape index (κ1) is 12.0. The molecule has 0 bridgehead atoms. The Morgan fingerprint density at radius 1 is 1.40 bits per heavy atom. The third kappa shape index (κ3) is 3.50. The molecule has 0 saturated heterocycles. The Morgan fingerprint density at radius 3 is 2.53 bits per heavy atom.